The number of carbonyl (C=O) groups is 1. The number of hydrogen-bond acceptors (Lipinski definition) is 3. The second-order valence-corrected chi connectivity index (χ2v) is 5.56. The van der Waals surface area contributed by atoms with Gasteiger partial charge in [-0.1, -0.05) is 29.8 Å². The third kappa shape index (κ3) is 5.63. The van der Waals surface area contributed by atoms with Crippen molar-refractivity contribution in [1.82, 2.24) is 5.32 Å². The van der Waals surface area contributed by atoms with Crippen molar-refractivity contribution in [3.05, 3.63) is 64.7 Å². The normalized spacial score (nSPS) is 10.6. The fraction of sp³-hybridized carbons (Fsp3) is 0.211. The lowest BCUT2D eigenvalue weighted by molar-refractivity contribution is -0.116. The highest BCUT2D eigenvalue weighted by atomic mass is 35.5. The predicted octanol–water partition coefficient (Wildman–Crippen LogP) is 3.87. The van der Waals surface area contributed by atoms with Crippen LogP contribution >= 0.6 is 11.6 Å². The van der Waals surface area contributed by atoms with Crippen molar-refractivity contribution in [3.8, 4) is 11.5 Å². The van der Waals surface area contributed by atoms with Gasteiger partial charge in [-0.2, -0.15) is 0 Å². The van der Waals surface area contributed by atoms with Gasteiger partial charge in [0.15, 0.2) is 0 Å². The van der Waals surface area contributed by atoms with Crippen molar-refractivity contribution in [2.75, 3.05) is 20.3 Å². The molecule has 0 unspecified atom stereocenters. The van der Waals surface area contributed by atoms with E-state index in [9.17, 15) is 4.79 Å². The fourth-order valence-electron chi connectivity index (χ4n) is 1.95. The number of methoxy groups -OCH3 is 1. The van der Waals surface area contributed by atoms with E-state index < -0.39 is 0 Å². The number of rotatable bonds is 7. The highest BCUT2D eigenvalue weighted by molar-refractivity contribution is 6.31. The van der Waals surface area contributed by atoms with Gasteiger partial charge in [0.2, 0.25) is 5.91 Å². The standard InChI is InChI=1S/C19H20ClNO3/c1-14-3-7-17(13-18(14)20)24-12-11-21-19(22)10-6-15-4-8-16(23-2)9-5-15/h3-10,13H,11-12H2,1-2H3,(H,21,22)/b10-6+. The van der Waals surface area contributed by atoms with Gasteiger partial charge in [0.1, 0.15) is 18.1 Å². The van der Waals surface area contributed by atoms with Crippen molar-refractivity contribution >= 4 is 23.6 Å². The monoisotopic (exact) mass is 345 g/mol. The maximum atomic E-state index is 11.8. The molecular weight excluding hydrogens is 326 g/mol. The molecule has 0 radical (unpaired) electrons. The topological polar surface area (TPSA) is 47.6 Å². The Kier molecular flexibility index (Phi) is 6.70. The lowest BCUT2D eigenvalue weighted by Gasteiger charge is -2.08. The van der Waals surface area contributed by atoms with Crippen molar-refractivity contribution in [2.45, 2.75) is 6.92 Å². The van der Waals surface area contributed by atoms with Crippen molar-refractivity contribution < 1.29 is 14.3 Å². The minimum atomic E-state index is -0.170. The quantitative estimate of drug-likeness (QED) is 0.612. The lowest BCUT2D eigenvalue weighted by Crippen LogP contribution is -2.26. The van der Waals surface area contributed by atoms with Crippen LogP contribution in [0.25, 0.3) is 6.08 Å². The molecule has 0 aliphatic carbocycles. The van der Waals surface area contributed by atoms with Crippen LogP contribution in [0.15, 0.2) is 48.5 Å². The molecule has 1 amide bonds. The molecule has 2 aromatic rings. The van der Waals surface area contributed by atoms with Gasteiger partial charge in [-0.25, -0.2) is 0 Å². The maximum absolute atomic E-state index is 11.8. The van der Waals surface area contributed by atoms with Crippen LogP contribution in [0.1, 0.15) is 11.1 Å². The minimum Gasteiger partial charge on any atom is -0.497 e. The first-order valence-electron chi connectivity index (χ1n) is 7.57. The summed E-state index contributed by atoms with van der Waals surface area (Å²) in [6.45, 7) is 2.72. The fourth-order valence-corrected chi connectivity index (χ4v) is 2.12. The zero-order valence-corrected chi connectivity index (χ0v) is 14.5. The zero-order chi connectivity index (χ0) is 17.4. The molecule has 4 nitrogen and oxygen atoms in total. The highest BCUT2D eigenvalue weighted by Crippen LogP contribution is 2.21. The Bertz CT molecular complexity index is 711. The van der Waals surface area contributed by atoms with E-state index in [0.717, 1.165) is 16.9 Å². The molecule has 0 saturated carbocycles. The van der Waals surface area contributed by atoms with Crippen LogP contribution in [0.2, 0.25) is 5.02 Å². The van der Waals surface area contributed by atoms with Crippen LogP contribution in [0.4, 0.5) is 0 Å². The third-order valence-electron chi connectivity index (χ3n) is 3.36. The third-order valence-corrected chi connectivity index (χ3v) is 3.76. The smallest absolute Gasteiger partial charge is 0.244 e. The maximum Gasteiger partial charge on any atom is 0.244 e. The van der Waals surface area contributed by atoms with E-state index in [0.29, 0.717) is 23.9 Å². The number of hydrogen-bond donors (Lipinski definition) is 1. The Morgan fingerprint density at radius 1 is 1.17 bits per heavy atom. The van der Waals surface area contributed by atoms with Crippen molar-refractivity contribution in [2.24, 2.45) is 0 Å². The van der Waals surface area contributed by atoms with Gasteiger partial charge in [-0.15, -0.1) is 0 Å². The summed E-state index contributed by atoms with van der Waals surface area (Å²) in [5, 5.41) is 3.43. The first kappa shape index (κ1) is 17.9. The molecule has 2 rings (SSSR count). The summed E-state index contributed by atoms with van der Waals surface area (Å²) in [6, 6.07) is 13.0. The molecule has 0 fully saturated rings. The summed E-state index contributed by atoms with van der Waals surface area (Å²) in [5.41, 5.74) is 1.93. The van der Waals surface area contributed by atoms with Gasteiger partial charge >= 0.3 is 0 Å². The molecule has 0 aliphatic rings. The summed E-state index contributed by atoms with van der Waals surface area (Å²) in [5.74, 6) is 1.30. The van der Waals surface area contributed by atoms with E-state index in [-0.39, 0.29) is 5.91 Å². The van der Waals surface area contributed by atoms with Gasteiger partial charge in [0.05, 0.1) is 13.7 Å². The van der Waals surface area contributed by atoms with E-state index in [2.05, 4.69) is 5.32 Å². The predicted molar refractivity (Wildman–Crippen MR) is 96.7 cm³/mol. The lowest BCUT2D eigenvalue weighted by atomic mass is 10.2. The molecular formula is C19H20ClNO3. The Balaban J connectivity index is 1.72. The van der Waals surface area contributed by atoms with Crippen LogP contribution in [0.3, 0.4) is 0 Å². The van der Waals surface area contributed by atoms with Gasteiger partial charge < -0.3 is 14.8 Å². The number of ether oxygens (including phenoxy) is 2. The second kappa shape index (κ2) is 8.99. The first-order valence-corrected chi connectivity index (χ1v) is 7.95. The van der Waals surface area contributed by atoms with E-state index in [4.69, 9.17) is 21.1 Å². The molecule has 0 heterocycles. The van der Waals surface area contributed by atoms with Crippen LogP contribution < -0.4 is 14.8 Å². The van der Waals surface area contributed by atoms with E-state index in [1.807, 2.05) is 43.3 Å². The van der Waals surface area contributed by atoms with Gasteiger partial charge in [-0.05, 0) is 48.4 Å². The number of benzene rings is 2. The number of nitrogens with one attached hydrogen (secondary N) is 1. The van der Waals surface area contributed by atoms with E-state index in [1.165, 1.54) is 6.08 Å². The highest BCUT2D eigenvalue weighted by Gasteiger charge is 2.00. The summed E-state index contributed by atoms with van der Waals surface area (Å²) >= 11 is 6.03. The molecule has 5 heteroatoms. The SMILES string of the molecule is COc1ccc(/C=C/C(=O)NCCOc2ccc(C)c(Cl)c2)cc1. The van der Waals surface area contributed by atoms with Crippen molar-refractivity contribution in [1.29, 1.82) is 0 Å². The van der Waals surface area contributed by atoms with Gasteiger partial charge in [0.25, 0.3) is 0 Å². The molecule has 2 aromatic carbocycles. The number of halogens is 1. The molecule has 0 bridgehead atoms. The van der Waals surface area contributed by atoms with E-state index in [1.54, 1.807) is 19.3 Å². The minimum absolute atomic E-state index is 0.170. The molecule has 0 atom stereocenters. The van der Waals surface area contributed by atoms with Crippen LogP contribution in [0, 0.1) is 6.92 Å². The Morgan fingerprint density at radius 3 is 2.54 bits per heavy atom. The molecule has 126 valence electrons. The van der Waals surface area contributed by atoms with Crippen molar-refractivity contribution in [3.63, 3.8) is 0 Å². The molecule has 24 heavy (non-hydrogen) atoms. The molecule has 0 aliphatic heterocycles. The number of amides is 1. The van der Waals surface area contributed by atoms with Crippen LogP contribution in [-0.4, -0.2) is 26.2 Å². The van der Waals surface area contributed by atoms with Gasteiger partial charge in [0, 0.05) is 11.1 Å². The van der Waals surface area contributed by atoms with Crippen LogP contribution in [0.5, 0.6) is 11.5 Å². The Hall–Kier alpha value is -2.46. The molecule has 0 aromatic heterocycles. The number of aryl methyl sites for hydroxylation is 1. The first-order chi connectivity index (χ1) is 11.6. The van der Waals surface area contributed by atoms with E-state index >= 15 is 0 Å². The van der Waals surface area contributed by atoms with Gasteiger partial charge in [-0.3, -0.25) is 4.79 Å². The summed E-state index contributed by atoms with van der Waals surface area (Å²) in [4.78, 5) is 11.8. The summed E-state index contributed by atoms with van der Waals surface area (Å²) < 4.78 is 10.6. The molecule has 0 spiro atoms. The van der Waals surface area contributed by atoms with Crippen LogP contribution in [-0.2, 0) is 4.79 Å². The Morgan fingerprint density at radius 2 is 1.88 bits per heavy atom. The average Bonchev–Trinajstić information content (AvgIpc) is 2.60. The Labute approximate surface area is 147 Å². The number of carbonyl (C=O) groups excluding carboxylic acids is 1. The molecule has 0 saturated heterocycles. The summed E-state index contributed by atoms with van der Waals surface area (Å²) in [6.07, 6.45) is 3.24. The average molecular weight is 346 g/mol. The summed E-state index contributed by atoms with van der Waals surface area (Å²) in [7, 11) is 1.62. The largest absolute Gasteiger partial charge is 0.497 e. The molecule has 1 N–H and O–H groups in total. The zero-order valence-electron chi connectivity index (χ0n) is 13.7. The second-order valence-electron chi connectivity index (χ2n) is 5.16.